The van der Waals surface area contributed by atoms with Crippen LogP contribution in [0, 0.1) is 0 Å². The van der Waals surface area contributed by atoms with Crippen LogP contribution in [0.3, 0.4) is 0 Å². The summed E-state index contributed by atoms with van der Waals surface area (Å²) in [5.74, 6) is 0.361. The Morgan fingerprint density at radius 3 is 2.58 bits per heavy atom. The summed E-state index contributed by atoms with van der Waals surface area (Å²) >= 11 is 0. The van der Waals surface area contributed by atoms with E-state index in [1.807, 2.05) is 12.1 Å². The number of anilines is 1. The van der Waals surface area contributed by atoms with Crippen molar-refractivity contribution in [1.29, 1.82) is 0 Å². The fourth-order valence-corrected chi connectivity index (χ4v) is 2.14. The van der Waals surface area contributed by atoms with E-state index in [9.17, 15) is 9.59 Å². The molecule has 96 valence electrons. The minimum atomic E-state index is -0.503. The Kier molecular flexibility index (Phi) is 2.59. The molecule has 1 N–H and O–H groups in total. The number of imide groups is 1. The molecule has 1 aliphatic rings. The second-order valence-electron chi connectivity index (χ2n) is 4.34. The SMILES string of the molecule is CC1NC(=O)N(c2ccccc2-c2ccco2)C1=O. The number of nitrogens with one attached hydrogen (secondary N) is 1. The first-order valence-electron chi connectivity index (χ1n) is 5.96. The smallest absolute Gasteiger partial charge is 0.329 e. The monoisotopic (exact) mass is 256 g/mol. The van der Waals surface area contributed by atoms with Crippen LogP contribution in [-0.4, -0.2) is 18.0 Å². The van der Waals surface area contributed by atoms with Gasteiger partial charge in [0, 0.05) is 5.56 Å². The molecular weight excluding hydrogens is 244 g/mol. The highest BCUT2D eigenvalue weighted by atomic mass is 16.3. The van der Waals surface area contributed by atoms with Gasteiger partial charge >= 0.3 is 6.03 Å². The summed E-state index contributed by atoms with van der Waals surface area (Å²) in [6, 6.07) is 9.81. The first-order valence-corrected chi connectivity index (χ1v) is 5.96. The van der Waals surface area contributed by atoms with Crippen LogP contribution in [0.5, 0.6) is 0 Å². The number of carbonyl (C=O) groups is 2. The van der Waals surface area contributed by atoms with E-state index in [0.717, 1.165) is 4.90 Å². The van der Waals surface area contributed by atoms with Crippen LogP contribution in [0.25, 0.3) is 11.3 Å². The maximum atomic E-state index is 12.0. The molecule has 0 bridgehead atoms. The Balaban J connectivity index is 2.11. The van der Waals surface area contributed by atoms with E-state index in [2.05, 4.69) is 5.32 Å². The zero-order valence-corrected chi connectivity index (χ0v) is 10.3. The first-order chi connectivity index (χ1) is 9.18. The van der Waals surface area contributed by atoms with Crippen molar-refractivity contribution in [3.8, 4) is 11.3 Å². The van der Waals surface area contributed by atoms with Gasteiger partial charge in [-0.1, -0.05) is 12.1 Å². The Hall–Kier alpha value is -2.56. The molecule has 5 nitrogen and oxygen atoms in total. The molecule has 3 rings (SSSR count). The molecule has 1 aliphatic heterocycles. The average molecular weight is 256 g/mol. The van der Waals surface area contributed by atoms with Crippen LogP contribution in [0.1, 0.15) is 6.92 Å². The molecule has 1 atom stereocenters. The Labute approximate surface area is 109 Å². The molecular formula is C14H12N2O3. The summed E-state index contributed by atoms with van der Waals surface area (Å²) < 4.78 is 5.35. The van der Waals surface area contributed by atoms with Gasteiger partial charge in [-0.15, -0.1) is 0 Å². The molecule has 0 aliphatic carbocycles. The van der Waals surface area contributed by atoms with E-state index < -0.39 is 12.1 Å². The van der Waals surface area contributed by atoms with E-state index in [1.165, 1.54) is 0 Å². The normalized spacial score (nSPS) is 18.8. The molecule has 3 amide bonds. The summed E-state index contributed by atoms with van der Waals surface area (Å²) in [6.45, 7) is 1.66. The minimum absolute atomic E-state index is 0.260. The van der Waals surface area contributed by atoms with Gasteiger partial charge in [0.1, 0.15) is 11.8 Å². The van der Waals surface area contributed by atoms with Gasteiger partial charge < -0.3 is 9.73 Å². The quantitative estimate of drug-likeness (QED) is 0.839. The average Bonchev–Trinajstić information content (AvgIpc) is 3.00. The Morgan fingerprint density at radius 2 is 1.95 bits per heavy atom. The molecule has 19 heavy (non-hydrogen) atoms. The van der Waals surface area contributed by atoms with Gasteiger partial charge in [0.05, 0.1) is 12.0 Å². The molecule has 5 heteroatoms. The zero-order valence-electron chi connectivity index (χ0n) is 10.3. The predicted molar refractivity (Wildman–Crippen MR) is 69.6 cm³/mol. The van der Waals surface area contributed by atoms with Gasteiger partial charge in [-0.3, -0.25) is 4.79 Å². The summed E-state index contributed by atoms with van der Waals surface area (Å²) in [4.78, 5) is 25.1. The number of benzene rings is 1. The third kappa shape index (κ3) is 1.79. The summed E-state index contributed by atoms with van der Waals surface area (Å²) in [7, 11) is 0. The fraction of sp³-hybridized carbons (Fsp3) is 0.143. The predicted octanol–water partition coefficient (Wildman–Crippen LogP) is 2.39. The fourth-order valence-electron chi connectivity index (χ4n) is 2.14. The number of amides is 3. The van der Waals surface area contributed by atoms with Crippen molar-refractivity contribution in [2.75, 3.05) is 4.90 Å². The topological polar surface area (TPSA) is 62.6 Å². The number of hydrogen-bond acceptors (Lipinski definition) is 3. The highest BCUT2D eigenvalue weighted by Crippen LogP contribution is 2.32. The lowest BCUT2D eigenvalue weighted by molar-refractivity contribution is -0.117. The number of rotatable bonds is 2. The van der Waals surface area contributed by atoms with E-state index in [-0.39, 0.29) is 5.91 Å². The molecule has 2 heterocycles. The second-order valence-corrected chi connectivity index (χ2v) is 4.34. The minimum Gasteiger partial charge on any atom is -0.464 e. The van der Waals surface area contributed by atoms with Crippen molar-refractivity contribution in [3.63, 3.8) is 0 Å². The first kappa shape index (κ1) is 11.5. The van der Waals surface area contributed by atoms with E-state index in [1.54, 1.807) is 37.5 Å². The van der Waals surface area contributed by atoms with E-state index in [0.29, 0.717) is 17.0 Å². The van der Waals surface area contributed by atoms with Gasteiger partial charge in [-0.05, 0) is 31.2 Å². The number of urea groups is 1. The molecule has 2 aromatic rings. The van der Waals surface area contributed by atoms with Gasteiger partial charge in [-0.2, -0.15) is 0 Å². The number of carbonyl (C=O) groups excluding carboxylic acids is 2. The van der Waals surface area contributed by atoms with Gasteiger partial charge in [0.2, 0.25) is 0 Å². The third-order valence-electron chi connectivity index (χ3n) is 3.07. The van der Waals surface area contributed by atoms with Crippen LogP contribution >= 0.6 is 0 Å². The van der Waals surface area contributed by atoms with Gasteiger partial charge in [-0.25, -0.2) is 9.69 Å². The number of furan rings is 1. The number of hydrogen-bond donors (Lipinski definition) is 1. The lowest BCUT2D eigenvalue weighted by Crippen LogP contribution is -2.31. The highest BCUT2D eigenvalue weighted by Gasteiger charge is 2.37. The Morgan fingerprint density at radius 1 is 1.16 bits per heavy atom. The Bertz CT molecular complexity index is 634. The van der Waals surface area contributed by atoms with Crippen LogP contribution < -0.4 is 10.2 Å². The largest absolute Gasteiger partial charge is 0.464 e. The van der Waals surface area contributed by atoms with E-state index in [4.69, 9.17) is 4.42 Å². The lowest BCUT2D eigenvalue weighted by atomic mass is 10.1. The molecule has 0 saturated carbocycles. The molecule has 1 aromatic carbocycles. The lowest BCUT2D eigenvalue weighted by Gasteiger charge is -2.15. The van der Waals surface area contributed by atoms with Crippen molar-refractivity contribution >= 4 is 17.6 Å². The van der Waals surface area contributed by atoms with Crippen LogP contribution in [-0.2, 0) is 4.79 Å². The summed E-state index contributed by atoms with van der Waals surface area (Å²) in [5, 5.41) is 2.59. The highest BCUT2D eigenvalue weighted by molar-refractivity contribution is 6.22. The van der Waals surface area contributed by atoms with Crippen molar-refractivity contribution in [3.05, 3.63) is 42.7 Å². The van der Waals surface area contributed by atoms with Crippen molar-refractivity contribution in [1.82, 2.24) is 5.32 Å². The molecule has 1 fully saturated rings. The summed E-state index contributed by atoms with van der Waals surface area (Å²) in [6.07, 6.45) is 1.56. The maximum absolute atomic E-state index is 12.0. The van der Waals surface area contributed by atoms with Crippen molar-refractivity contribution < 1.29 is 14.0 Å². The van der Waals surface area contributed by atoms with Gasteiger partial charge in [0.25, 0.3) is 5.91 Å². The molecule has 0 radical (unpaired) electrons. The van der Waals surface area contributed by atoms with Crippen LogP contribution in [0.4, 0.5) is 10.5 Å². The molecule has 1 unspecified atom stereocenters. The van der Waals surface area contributed by atoms with E-state index >= 15 is 0 Å². The number of para-hydroxylation sites is 1. The zero-order chi connectivity index (χ0) is 13.4. The second kappa shape index (κ2) is 4.28. The van der Waals surface area contributed by atoms with Gasteiger partial charge in [0.15, 0.2) is 0 Å². The number of nitrogens with zero attached hydrogens (tertiary/aromatic N) is 1. The summed E-state index contributed by atoms with van der Waals surface area (Å²) in [5.41, 5.74) is 1.24. The standard InChI is InChI=1S/C14H12N2O3/c1-9-13(17)16(14(18)15-9)11-6-3-2-5-10(11)12-7-4-8-19-12/h2-9H,1H3,(H,15,18). The molecule has 1 saturated heterocycles. The maximum Gasteiger partial charge on any atom is 0.329 e. The van der Waals surface area contributed by atoms with Crippen molar-refractivity contribution in [2.24, 2.45) is 0 Å². The van der Waals surface area contributed by atoms with Crippen LogP contribution in [0.2, 0.25) is 0 Å². The molecule has 1 aromatic heterocycles. The molecule has 0 spiro atoms. The van der Waals surface area contributed by atoms with Crippen molar-refractivity contribution in [2.45, 2.75) is 13.0 Å². The van der Waals surface area contributed by atoms with Crippen LogP contribution in [0.15, 0.2) is 47.1 Å². The third-order valence-corrected chi connectivity index (χ3v) is 3.07.